The summed E-state index contributed by atoms with van der Waals surface area (Å²) >= 11 is 0. The fourth-order valence-corrected chi connectivity index (χ4v) is 2.78. The van der Waals surface area contributed by atoms with Gasteiger partial charge in [0.2, 0.25) is 11.8 Å². The van der Waals surface area contributed by atoms with Crippen LogP contribution in [0, 0.1) is 0 Å². The lowest BCUT2D eigenvalue weighted by atomic mass is 10.1. The third kappa shape index (κ3) is 5.29. The van der Waals surface area contributed by atoms with E-state index in [-0.39, 0.29) is 30.3 Å². The van der Waals surface area contributed by atoms with Gasteiger partial charge in [-0.1, -0.05) is 25.5 Å². The molecular weight excluding hydrogens is 358 g/mol. The Morgan fingerprint density at radius 2 is 1.68 bits per heavy atom. The summed E-state index contributed by atoms with van der Waals surface area (Å²) in [5, 5.41) is 5.42. The van der Waals surface area contributed by atoms with Crippen LogP contribution in [0.5, 0.6) is 0 Å². The molecule has 8 heteroatoms. The van der Waals surface area contributed by atoms with Gasteiger partial charge in [-0.25, -0.2) is 9.78 Å². The molecule has 3 aromatic rings. The van der Waals surface area contributed by atoms with E-state index < -0.39 is 0 Å². The normalized spacial score (nSPS) is 10.8. The number of H-pyrrole nitrogens is 2. The van der Waals surface area contributed by atoms with E-state index in [9.17, 15) is 14.4 Å². The van der Waals surface area contributed by atoms with E-state index in [1.807, 2.05) is 24.3 Å². The number of pyridine rings is 1. The fraction of sp³-hybridized carbons (Fsp3) is 0.300. The summed E-state index contributed by atoms with van der Waals surface area (Å²) in [4.78, 5) is 44.6. The standard InChI is InChI=1S/C20H23N5O3/c1-2-3-4-13-5-7-14(8-6-13)21-17(26)11-12-18(27)23-16-10-9-15-19(24-16)25-20(28)22-15/h5-10H,2-4,11-12H2,1H3,(H,21,26)(H3,22,23,24,25,27,28). The number of aromatic nitrogens is 3. The first-order chi connectivity index (χ1) is 13.5. The number of amides is 2. The van der Waals surface area contributed by atoms with Crippen LogP contribution in [0.1, 0.15) is 38.2 Å². The maximum atomic E-state index is 12.1. The number of rotatable bonds is 8. The molecule has 28 heavy (non-hydrogen) atoms. The number of hydrogen-bond donors (Lipinski definition) is 4. The quantitative estimate of drug-likeness (QED) is 0.479. The molecule has 0 saturated heterocycles. The molecule has 0 radical (unpaired) electrons. The van der Waals surface area contributed by atoms with Crippen LogP contribution >= 0.6 is 0 Å². The number of nitrogens with one attached hydrogen (secondary N) is 4. The minimum Gasteiger partial charge on any atom is -0.326 e. The average Bonchev–Trinajstić information content (AvgIpc) is 3.05. The molecular formula is C20H23N5O3. The first-order valence-corrected chi connectivity index (χ1v) is 9.31. The molecule has 0 aliphatic carbocycles. The van der Waals surface area contributed by atoms with Gasteiger partial charge in [0, 0.05) is 18.5 Å². The van der Waals surface area contributed by atoms with E-state index >= 15 is 0 Å². The smallest absolute Gasteiger partial charge is 0.325 e. The number of benzene rings is 1. The van der Waals surface area contributed by atoms with Crippen molar-refractivity contribution in [1.29, 1.82) is 0 Å². The number of carbonyl (C=O) groups is 2. The maximum absolute atomic E-state index is 12.1. The molecule has 0 atom stereocenters. The Morgan fingerprint density at radius 3 is 2.39 bits per heavy atom. The summed E-state index contributed by atoms with van der Waals surface area (Å²) in [6, 6.07) is 11.0. The molecule has 1 aromatic carbocycles. The minimum atomic E-state index is -0.360. The van der Waals surface area contributed by atoms with Crippen molar-refractivity contribution in [2.24, 2.45) is 0 Å². The Morgan fingerprint density at radius 1 is 0.964 bits per heavy atom. The van der Waals surface area contributed by atoms with Gasteiger partial charge in [-0.3, -0.25) is 14.6 Å². The van der Waals surface area contributed by atoms with E-state index in [2.05, 4.69) is 32.5 Å². The van der Waals surface area contributed by atoms with E-state index in [4.69, 9.17) is 0 Å². The van der Waals surface area contributed by atoms with E-state index in [1.54, 1.807) is 12.1 Å². The van der Waals surface area contributed by atoms with Crippen molar-refractivity contribution in [3.05, 3.63) is 52.4 Å². The summed E-state index contributed by atoms with van der Waals surface area (Å²) < 4.78 is 0. The van der Waals surface area contributed by atoms with Crippen LogP contribution in [0.2, 0.25) is 0 Å². The van der Waals surface area contributed by atoms with Crippen molar-refractivity contribution in [2.75, 3.05) is 10.6 Å². The summed E-state index contributed by atoms with van der Waals surface area (Å²) in [6.07, 6.45) is 3.41. The number of nitrogens with zero attached hydrogens (tertiary/aromatic N) is 1. The molecule has 0 saturated carbocycles. The molecule has 4 N–H and O–H groups in total. The van der Waals surface area contributed by atoms with Crippen LogP contribution < -0.4 is 16.3 Å². The number of carbonyl (C=O) groups excluding carboxylic acids is 2. The number of imidazole rings is 1. The van der Waals surface area contributed by atoms with Gasteiger partial charge in [-0.2, -0.15) is 0 Å². The second kappa shape index (κ2) is 8.98. The Kier molecular flexibility index (Phi) is 6.21. The molecule has 2 heterocycles. The van der Waals surface area contributed by atoms with Gasteiger partial charge in [0.25, 0.3) is 0 Å². The first-order valence-electron chi connectivity index (χ1n) is 9.31. The van der Waals surface area contributed by atoms with Gasteiger partial charge < -0.3 is 15.6 Å². The highest BCUT2D eigenvalue weighted by Crippen LogP contribution is 2.13. The van der Waals surface area contributed by atoms with Crippen molar-refractivity contribution in [2.45, 2.75) is 39.0 Å². The Labute approximate surface area is 161 Å². The van der Waals surface area contributed by atoms with E-state index in [1.165, 1.54) is 5.56 Å². The third-order valence-corrected chi connectivity index (χ3v) is 4.28. The number of aromatic amines is 2. The number of unbranched alkanes of at least 4 members (excludes halogenated alkanes) is 1. The summed E-state index contributed by atoms with van der Waals surface area (Å²) in [5.41, 5.74) is 2.52. The van der Waals surface area contributed by atoms with Gasteiger partial charge in [-0.05, 0) is 42.7 Å². The van der Waals surface area contributed by atoms with Crippen LogP contribution in [0.15, 0.2) is 41.2 Å². The van der Waals surface area contributed by atoms with Gasteiger partial charge in [-0.15, -0.1) is 0 Å². The predicted octanol–water partition coefficient (Wildman–Crippen LogP) is 2.95. The van der Waals surface area contributed by atoms with Crippen molar-refractivity contribution >= 4 is 34.5 Å². The zero-order valence-electron chi connectivity index (χ0n) is 15.7. The molecule has 2 aromatic heterocycles. The van der Waals surface area contributed by atoms with Crippen LogP contribution in [0.25, 0.3) is 11.2 Å². The molecule has 8 nitrogen and oxygen atoms in total. The molecule has 146 valence electrons. The molecule has 0 bridgehead atoms. The van der Waals surface area contributed by atoms with E-state index in [0.717, 1.165) is 19.3 Å². The first kappa shape index (κ1) is 19.3. The minimum absolute atomic E-state index is 0.0315. The molecule has 0 spiro atoms. The number of hydrogen-bond acceptors (Lipinski definition) is 4. The van der Waals surface area contributed by atoms with Crippen molar-refractivity contribution in [3.63, 3.8) is 0 Å². The van der Waals surface area contributed by atoms with Crippen LogP contribution in [0.4, 0.5) is 11.5 Å². The maximum Gasteiger partial charge on any atom is 0.325 e. The van der Waals surface area contributed by atoms with Crippen molar-refractivity contribution < 1.29 is 9.59 Å². The second-order valence-corrected chi connectivity index (χ2v) is 6.57. The monoisotopic (exact) mass is 381 g/mol. The zero-order valence-corrected chi connectivity index (χ0v) is 15.7. The number of fused-ring (bicyclic) bond motifs is 1. The SMILES string of the molecule is CCCCc1ccc(NC(=O)CCC(=O)Nc2ccc3[nH]c(=O)[nH]c3n2)cc1. The van der Waals surface area contributed by atoms with Crippen LogP contribution in [-0.2, 0) is 16.0 Å². The second-order valence-electron chi connectivity index (χ2n) is 6.57. The lowest BCUT2D eigenvalue weighted by molar-refractivity contribution is -0.121. The third-order valence-electron chi connectivity index (χ3n) is 4.28. The molecule has 0 aliphatic rings. The van der Waals surface area contributed by atoms with E-state index in [0.29, 0.717) is 22.7 Å². The van der Waals surface area contributed by atoms with Gasteiger partial charge in [0.1, 0.15) is 5.82 Å². The topological polar surface area (TPSA) is 120 Å². The molecule has 0 unspecified atom stereocenters. The summed E-state index contributed by atoms with van der Waals surface area (Å²) in [6.45, 7) is 2.15. The highest BCUT2D eigenvalue weighted by atomic mass is 16.2. The molecule has 0 aliphatic heterocycles. The Balaban J connectivity index is 1.46. The number of aryl methyl sites for hydroxylation is 1. The fourth-order valence-electron chi connectivity index (χ4n) is 2.78. The molecule has 2 amide bonds. The lowest BCUT2D eigenvalue weighted by Gasteiger charge is -2.07. The van der Waals surface area contributed by atoms with Crippen LogP contribution in [-0.4, -0.2) is 26.8 Å². The molecule has 3 rings (SSSR count). The van der Waals surface area contributed by atoms with Gasteiger partial charge in [0.05, 0.1) is 5.52 Å². The summed E-state index contributed by atoms with van der Waals surface area (Å²) in [7, 11) is 0. The highest BCUT2D eigenvalue weighted by molar-refractivity contribution is 5.96. The van der Waals surface area contributed by atoms with Crippen molar-refractivity contribution in [3.8, 4) is 0 Å². The van der Waals surface area contributed by atoms with Gasteiger partial charge >= 0.3 is 5.69 Å². The lowest BCUT2D eigenvalue weighted by Crippen LogP contribution is -2.17. The average molecular weight is 381 g/mol. The van der Waals surface area contributed by atoms with Crippen molar-refractivity contribution in [1.82, 2.24) is 15.0 Å². The summed E-state index contributed by atoms with van der Waals surface area (Å²) in [5.74, 6) is -0.236. The Bertz CT molecular complexity index is 1020. The predicted molar refractivity (Wildman–Crippen MR) is 108 cm³/mol. The zero-order chi connectivity index (χ0) is 19.9. The molecule has 0 fully saturated rings. The highest BCUT2D eigenvalue weighted by Gasteiger charge is 2.09. The van der Waals surface area contributed by atoms with Gasteiger partial charge in [0.15, 0.2) is 5.65 Å². The van der Waals surface area contributed by atoms with Crippen LogP contribution in [0.3, 0.4) is 0 Å². The number of anilines is 2. The largest absolute Gasteiger partial charge is 0.326 e. The Hall–Kier alpha value is -3.42.